The Morgan fingerprint density at radius 1 is 1.35 bits per heavy atom. The van der Waals surface area contributed by atoms with Crippen molar-refractivity contribution in [2.45, 2.75) is 6.10 Å². The van der Waals surface area contributed by atoms with Crippen molar-refractivity contribution in [3.05, 3.63) is 46.2 Å². The Morgan fingerprint density at radius 2 is 2.05 bits per heavy atom. The van der Waals surface area contributed by atoms with Crippen molar-refractivity contribution >= 4 is 22.7 Å². The Morgan fingerprint density at radius 3 is 2.75 bits per heavy atom. The van der Waals surface area contributed by atoms with Gasteiger partial charge in [0.05, 0.1) is 12.1 Å². The number of hydrogen-bond donors (Lipinski definition) is 4. The minimum Gasteiger partial charge on any atom is -0.381 e. The summed E-state index contributed by atoms with van der Waals surface area (Å²) in [5, 5.41) is 12.2. The zero-order valence-electron chi connectivity index (χ0n) is 10.4. The molecule has 2 amide bonds. The highest BCUT2D eigenvalue weighted by atomic mass is 16.3. The van der Waals surface area contributed by atoms with Gasteiger partial charge in [-0.2, -0.15) is 0 Å². The van der Waals surface area contributed by atoms with E-state index in [1.54, 1.807) is 24.3 Å². The predicted molar refractivity (Wildman–Crippen MR) is 72.1 cm³/mol. The van der Waals surface area contributed by atoms with Gasteiger partial charge in [0.15, 0.2) is 0 Å². The molecule has 0 spiro atoms. The number of benzene rings is 1. The van der Waals surface area contributed by atoms with Crippen LogP contribution in [0.5, 0.6) is 0 Å². The van der Waals surface area contributed by atoms with Crippen LogP contribution in [-0.2, 0) is 4.79 Å². The summed E-state index contributed by atoms with van der Waals surface area (Å²) in [7, 11) is 0. The summed E-state index contributed by atoms with van der Waals surface area (Å²) < 4.78 is 0. The van der Waals surface area contributed by atoms with Crippen molar-refractivity contribution in [1.82, 2.24) is 10.3 Å². The third-order valence-electron chi connectivity index (χ3n) is 2.78. The lowest BCUT2D eigenvalue weighted by Crippen LogP contribution is -2.40. The molecule has 0 aliphatic heterocycles. The Balaban J connectivity index is 2.30. The molecule has 7 nitrogen and oxygen atoms in total. The topological polar surface area (TPSA) is 125 Å². The van der Waals surface area contributed by atoms with E-state index in [9.17, 15) is 19.5 Å². The van der Waals surface area contributed by atoms with Crippen LogP contribution < -0.4 is 16.6 Å². The Hall–Kier alpha value is -2.67. The van der Waals surface area contributed by atoms with Gasteiger partial charge in [-0.3, -0.25) is 14.4 Å². The number of para-hydroxylation sites is 1. The molecule has 0 aliphatic rings. The molecule has 0 radical (unpaired) electrons. The molecule has 1 atom stereocenters. The van der Waals surface area contributed by atoms with Crippen molar-refractivity contribution in [2.24, 2.45) is 5.73 Å². The average Bonchev–Trinajstić information content (AvgIpc) is 2.43. The van der Waals surface area contributed by atoms with E-state index < -0.39 is 23.5 Å². The van der Waals surface area contributed by atoms with Crippen LogP contribution in [0.15, 0.2) is 35.1 Å². The molecule has 1 aromatic heterocycles. The van der Waals surface area contributed by atoms with Crippen LogP contribution in [-0.4, -0.2) is 34.6 Å². The first-order valence-corrected chi connectivity index (χ1v) is 5.86. The first-order valence-electron chi connectivity index (χ1n) is 5.86. The SMILES string of the molecule is NC(=O)C(O)CNC(=O)c1cc(=O)[nH]c2ccccc12. The maximum Gasteiger partial charge on any atom is 0.252 e. The van der Waals surface area contributed by atoms with Crippen LogP contribution in [0, 0.1) is 0 Å². The van der Waals surface area contributed by atoms with Crippen LogP contribution >= 0.6 is 0 Å². The van der Waals surface area contributed by atoms with Crippen LogP contribution in [0.4, 0.5) is 0 Å². The molecule has 0 bridgehead atoms. The Bertz CT molecular complexity index is 723. The molecule has 20 heavy (non-hydrogen) atoms. The molecule has 1 unspecified atom stereocenters. The number of nitrogens with two attached hydrogens (primary N) is 1. The third-order valence-corrected chi connectivity index (χ3v) is 2.78. The largest absolute Gasteiger partial charge is 0.381 e. The number of pyridine rings is 1. The molecule has 0 saturated heterocycles. The zero-order chi connectivity index (χ0) is 14.7. The second-order valence-electron chi connectivity index (χ2n) is 4.22. The number of carbonyl (C=O) groups is 2. The number of aliphatic hydroxyl groups is 1. The van der Waals surface area contributed by atoms with E-state index in [2.05, 4.69) is 10.3 Å². The van der Waals surface area contributed by atoms with Gasteiger partial charge in [-0.05, 0) is 6.07 Å². The number of carbonyl (C=O) groups excluding carboxylic acids is 2. The smallest absolute Gasteiger partial charge is 0.252 e. The van der Waals surface area contributed by atoms with Gasteiger partial charge in [-0.15, -0.1) is 0 Å². The van der Waals surface area contributed by atoms with Crippen molar-refractivity contribution in [1.29, 1.82) is 0 Å². The van der Waals surface area contributed by atoms with Crippen LogP contribution in [0.25, 0.3) is 10.9 Å². The van der Waals surface area contributed by atoms with Gasteiger partial charge in [0.25, 0.3) is 5.91 Å². The van der Waals surface area contributed by atoms with E-state index in [0.29, 0.717) is 10.9 Å². The number of H-pyrrole nitrogens is 1. The van der Waals surface area contributed by atoms with E-state index in [1.165, 1.54) is 0 Å². The molecule has 2 aromatic rings. The first-order chi connectivity index (χ1) is 9.49. The van der Waals surface area contributed by atoms with Gasteiger partial charge in [0.2, 0.25) is 11.5 Å². The van der Waals surface area contributed by atoms with Gasteiger partial charge in [0, 0.05) is 17.0 Å². The second-order valence-corrected chi connectivity index (χ2v) is 4.22. The summed E-state index contributed by atoms with van der Waals surface area (Å²) in [5.74, 6) is -1.49. The highest BCUT2D eigenvalue weighted by molar-refractivity contribution is 6.06. The molecule has 2 rings (SSSR count). The van der Waals surface area contributed by atoms with Crippen LogP contribution in [0.1, 0.15) is 10.4 Å². The van der Waals surface area contributed by atoms with Crippen LogP contribution in [0.3, 0.4) is 0 Å². The molecular weight excluding hydrogens is 262 g/mol. The number of aromatic nitrogens is 1. The maximum absolute atomic E-state index is 12.0. The minimum absolute atomic E-state index is 0.168. The van der Waals surface area contributed by atoms with E-state index in [1.807, 2.05) is 0 Å². The van der Waals surface area contributed by atoms with Crippen molar-refractivity contribution in [2.75, 3.05) is 6.54 Å². The summed E-state index contributed by atoms with van der Waals surface area (Å²) in [6.07, 6.45) is -1.47. The number of aliphatic hydroxyl groups excluding tert-OH is 1. The highest BCUT2D eigenvalue weighted by Crippen LogP contribution is 2.14. The Kier molecular flexibility index (Phi) is 3.81. The lowest BCUT2D eigenvalue weighted by Gasteiger charge is -2.10. The summed E-state index contributed by atoms with van der Waals surface area (Å²) in [6, 6.07) is 7.98. The summed E-state index contributed by atoms with van der Waals surface area (Å²) in [6.45, 7) is -0.310. The molecule has 1 heterocycles. The normalized spacial score (nSPS) is 12.1. The summed E-state index contributed by atoms with van der Waals surface area (Å²) in [5.41, 5.74) is 5.16. The van der Waals surface area contributed by atoms with E-state index in [0.717, 1.165) is 6.07 Å². The number of hydrogen-bond acceptors (Lipinski definition) is 4. The number of amides is 2. The lowest BCUT2D eigenvalue weighted by molar-refractivity contribution is -0.125. The fraction of sp³-hybridized carbons (Fsp3) is 0.154. The number of primary amides is 1. The molecule has 104 valence electrons. The number of fused-ring (bicyclic) bond motifs is 1. The monoisotopic (exact) mass is 275 g/mol. The molecule has 5 N–H and O–H groups in total. The number of rotatable bonds is 4. The molecule has 0 aliphatic carbocycles. The molecular formula is C13H13N3O4. The summed E-state index contributed by atoms with van der Waals surface area (Å²) in [4.78, 5) is 36.8. The first kappa shape index (κ1) is 13.8. The van der Waals surface area contributed by atoms with E-state index in [-0.39, 0.29) is 12.1 Å². The fourth-order valence-electron chi connectivity index (χ4n) is 1.78. The number of nitrogens with one attached hydrogen (secondary N) is 2. The van der Waals surface area contributed by atoms with Crippen molar-refractivity contribution < 1.29 is 14.7 Å². The van der Waals surface area contributed by atoms with E-state index in [4.69, 9.17) is 5.73 Å². The quantitative estimate of drug-likeness (QED) is 0.577. The predicted octanol–water partition coefficient (Wildman–Crippen LogP) is -0.896. The van der Waals surface area contributed by atoms with Gasteiger partial charge in [0.1, 0.15) is 6.10 Å². The van der Waals surface area contributed by atoms with Gasteiger partial charge >= 0.3 is 0 Å². The highest BCUT2D eigenvalue weighted by Gasteiger charge is 2.15. The standard InChI is InChI=1S/C13H13N3O4/c14-12(19)10(17)6-15-13(20)8-5-11(18)16-9-4-2-1-3-7(8)9/h1-5,10,17H,6H2,(H2,14,19)(H,15,20)(H,16,18). The van der Waals surface area contributed by atoms with Crippen LogP contribution in [0.2, 0.25) is 0 Å². The zero-order valence-corrected chi connectivity index (χ0v) is 10.4. The second kappa shape index (κ2) is 5.54. The maximum atomic E-state index is 12.0. The lowest BCUT2D eigenvalue weighted by atomic mass is 10.1. The van der Waals surface area contributed by atoms with E-state index >= 15 is 0 Å². The van der Waals surface area contributed by atoms with Gasteiger partial charge in [-0.1, -0.05) is 18.2 Å². The third kappa shape index (κ3) is 2.83. The van der Waals surface area contributed by atoms with Crippen molar-refractivity contribution in [3.63, 3.8) is 0 Å². The molecule has 0 fully saturated rings. The number of aromatic amines is 1. The molecule has 7 heteroatoms. The summed E-state index contributed by atoms with van der Waals surface area (Å²) >= 11 is 0. The molecule has 0 saturated carbocycles. The molecule has 1 aromatic carbocycles. The van der Waals surface area contributed by atoms with Gasteiger partial charge < -0.3 is 21.1 Å². The van der Waals surface area contributed by atoms with Crippen molar-refractivity contribution in [3.8, 4) is 0 Å². The minimum atomic E-state index is -1.47. The Labute approximate surface area is 113 Å². The fourth-order valence-corrected chi connectivity index (χ4v) is 1.78. The van der Waals surface area contributed by atoms with Gasteiger partial charge in [-0.25, -0.2) is 0 Å². The average molecular weight is 275 g/mol.